The molecule has 12 heteroatoms. The summed E-state index contributed by atoms with van der Waals surface area (Å²) in [5, 5.41) is 55.0. The number of rotatable bonds is 12. The standard InChI is InChI=1S/C39H63N3O9/c1-36-11-7-22(50-18-6-17-49-5)19-27(36)29(43)21-26-25(36)8-12-37(2)30(9-13-39(26,37)48)38(3,47)33(44)31-23(10-14-40-4)24-20-28(35(46)42-15-16-42)41-34(45)32(24)51-31/h21-25,27-28,30-34,40-41,44-45,47-48H,6-20H2,1-5H3/t22-,23+,24+,25-,27-,28-,30-,31-,32+,33+,34-,36+,37+,38-,39+/m0/s1. The van der Waals surface area contributed by atoms with Gasteiger partial charge in [0.05, 0.1) is 29.5 Å². The van der Waals surface area contributed by atoms with E-state index in [1.165, 1.54) is 0 Å². The predicted molar refractivity (Wildman–Crippen MR) is 188 cm³/mol. The Morgan fingerprint density at radius 3 is 2.63 bits per heavy atom. The Kier molecular flexibility index (Phi) is 10.4. The molecule has 0 bridgehead atoms. The van der Waals surface area contributed by atoms with Crippen LogP contribution >= 0.6 is 0 Å². The van der Waals surface area contributed by atoms with Crippen molar-refractivity contribution in [3.05, 3.63) is 11.6 Å². The van der Waals surface area contributed by atoms with Gasteiger partial charge in [0.25, 0.3) is 0 Å². The maximum atomic E-state index is 14.0. The molecule has 3 saturated heterocycles. The molecule has 0 aromatic heterocycles. The van der Waals surface area contributed by atoms with Crippen molar-refractivity contribution in [2.75, 3.05) is 47.0 Å². The number of amides is 1. The van der Waals surface area contributed by atoms with E-state index < -0.39 is 53.1 Å². The van der Waals surface area contributed by atoms with Crippen LogP contribution in [-0.2, 0) is 23.8 Å². The molecule has 51 heavy (non-hydrogen) atoms. The van der Waals surface area contributed by atoms with Gasteiger partial charge in [0.2, 0.25) is 5.91 Å². The average Bonchev–Trinajstić information content (AvgIpc) is 3.82. The number of methoxy groups -OCH3 is 1. The van der Waals surface area contributed by atoms with Gasteiger partial charge in [0.15, 0.2) is 5.78 Å². The number of allylic oxidation sites excluding steroid dienone is 1. The molecule has 0 unspecified atom stereocenters. The maximum Gasteiger partial charge on any atom is 0.239 e. The first-order valence-electron chi connectivity index (χ1n) is 19.7. The highest BCUT2D eigenvalue weighted by Gasteiger charge is 2.70. The summed E-state index contributed by atoms with van der Waals surface area (Å²) in [5.74, 6) is -0.892. The van der Waals surface area contributed by atoms with E-state index in [-0.39, 0.29) is 46.9 Å². The molecule has 0 aromatic rings. The van der Waals surface area contributed by atoms with Crippen molar-refractivity contribution in [3.8, 4) is 0 Å². The van der Waals surface area contributed by atoms with E-state index in [2.05, 4.69) is 17.6 Å². The van der Waals surface area contributed by atoms with Crippen LogP contribution in [0.15, 0.2) is 11.6 Å². The number of aliphatic hydroxyl groups is 4. The zero-order valence-electron chi connectivity index (χ0n) is 31.3. The summed E-state index contributed by atoms with van der Waals surface area (Å²) in [7, 11) is 3.55. The number of aliphatic hydroxyl groups excluding tert-OH is 2. The van der Waals surface area contributed by atoms with Crippen molar-refractivity contribution in [2.45, 2.75) is 133 Å². The molecule has 0 aromatic carbocycles. The summed E-state index contributed by atoms with van der Waals surface area (Å²) in [6, 6.07) is -0.517. The van der Waals surface area contributed by atoms with Gasteiger partial charge in [-0.25, -0.2) is 0 Å². The van der Waals surface area contributed by atoms with Gasteiger partial charge in [-0.15, -0.1) is 0 Å². The lowest BCUT2D eigenvalue weighted by atomic mass is 9.46. The molecular weight excluding hydrogens is 654 g/mol. The summed E-state index contributed by atoms with van der Waals surface area (Å²) >= 11 is 0. The van der Waals surface area contributed by atoms with E-state index in [1.807, 2.05) is 14.0 Å². The van der Waals surface area contributed by atoms with Crippen LogP contribution in [0.5, 0.6) is 0 Å². The fraction of sp³-hybridized carbons (Fsp3) is 0.897. The van der Waals surface area contributed by atoms with E-state index in [0.717, 1.165) is 44.3 Å². The smallest absolute Gasteiger partial charge is 0.239 e. The predicted octanol–water partition coefficient (Wildman–Crippen LogP) is 1.52. The van der Waals surface area contributed by atoms with E-state index in [9.17, 15) is 30.0 Å². The molecule has 6 fully saturated rings. The summed E-state index contributed by atoms with van der Waals surface area (Å²) in [6.45, 7) is 9.34. The fourth-order valence-electron chi connectivity index (χ4n) is 12.2. The van der Waals surface area contributed by atoms with Crippen LogP contribution in [0.25, 0.3) is 0 Å². The number of ketones is 1. The Balaban J connectivity index is 1.11. The number of fused-ring (bicyclic) bond motifs is 6. The average molecular weight is 718 g/mol. The summed E-state index contributed by atoms with van der Waals surface area (Å²) in [6.07, 6.45) is 4.77. The summed E-state index contributed by atoms with van der Waals surface area (Å²) in [5.41, 5.74) is -3.17. The van der Waals surface area contributed by atoms with Gasteiger partial charge in [-0.2, -0.15) is 0 Å². The highest BCUT2D eigenvalue weighted by Crippen LogP contribution is 2.69. The highest BCUT2D eigenvalue weighted by molar-refractivity contribution is 5.95. The van der Waals surface area contributed by atoms with Gasteiger partial charge in [-0.3, -0.25) is 14.9 Å². The van der Waals surface area contributed by atoms with Gasteiger partial charge in [-0.05, 0) is 125 Å². The molecule has 7 rings (SSSR count). The first kappa shape index (κ1) is 37.8. The monoisotopic (exact) mass is 717 g/mol. The van der Waals surface area contributed by atoms with Gasteiger partial charge < -0.3 is 44.9 Å². The molecule has 0 spiro atoms. The van der Waals surface area contributed by atoms with Crippen LogP contribution in [0.3, 0.4) is 0 Å². The highest BCUT2D eigenvalue weighted by atomic mass is 16.5. The third-order valence-corrected chi connectivity index (χ3v) is 15.2. The number of hydrogen-bond acceptors (Lipinski definition) is 11. The van der Waals surface area contributed by atoms with Crippen molar-refractivity contribution < 1.29 is 44.2 Å². The Morgan fingerprint density at radius 2 is 1.92 bits per heavy atom. The quantitative estimate of drug-likeness (QED) is 0.128. The van der Waals surface area contributed by atoms with Crippen LogP contribution in [0.1, 0.15) is 85.0 Å². The van der Waals surface area contributed by atoms with Crippen LogP contribution in [0, 0.1) is 40.4 Å². The van der Waals surface area contributed by atoms with Crippen molar-refractivity contribution >= 4 is 11.7 Å². The molecule has 3 heterocycles. The Morgan fingerprint density at radius 1 is 1.16 bits per heavy atom. The Hall–Kier alpha value is -1.48. The van der Waals surface area contributed by atoms with Gasteiger partial charge in [0.1, 0.15) is 18.4 Å². The second kappa shape index (κ2) is 14.0. The van der Waals surface area contributed by atoms with Crippen LogP contribution in [0.2, 0.25) is 0 Å². The number of nitrogens with one attached hydrogen (secondary N) is 2. The molecule has 6 N–H and O–H groups in total. The van der Waals surface area contributed by atoms with Gasteiger partial charge in [-0.1, -0.05) is 13.8 Å². The second-order valence-corrected chi connectivity index (χ2v) is 17.8. The Bertz CT molecular complexity index is 1360. The molecule has 0 radical (unpaired) electrons. The first-order valence-corrected chi connectivity index (χ1v) is 19.7. The van der Waals surface area contributed by atoms with E-state index in [0.29, 0.717) is 58.3 Å². The van der Waals surface area contributed by atoms with Crippen LogP contribution in [-0.4, -0.2) is 132 Å². The molecular formula is C39H63N3O9. The van der Waals surface area contributed by atoms with Crippen molar-refractivity contribution in [2.24, 2.45) is 40.4 Å². The molecule has 288 valence electrons. The van der Waals surface area contributed by atoms with Crippen molar-refractivity contribution in [3.63, 3.8) is 0 Å². The number of carbonyl (C=O) groups excluding carboxylic acids is 2. The third kappa shape index (κ3) is 6.16. The number of piperidine rings is 1. The number of ether oxygens (including phenoxy) is 3. The van der Waals surface area contributed by atoms with Gasteiger partial charge >= 0.3 is 0 Å². The number of hydrogen-bond donors (Lipinski definition) is 6. The zero-order chi connectivity index (χ0) is 36.5. The third-order valence-electron chi connectivity index (χ3n) is 15.2. The maximum absolute atomic E-state index is 14.0. The SMILES string of the molecule is CNCC[C@@H]1[C@H]2C[C@@H](C(=O)N3CC3)N[C@@H](O)[C@@H]2O[C@@H]1[C@@H](O)[C@@](C)(O)[C@H]1CC[C@@]2(O)C3=CC(=O)[C@@H]4C[C@@H](OCCCOC)CC[C@]4(C)[C@H]3CC[C@]12C. The topological polar surface area (TPSA) is 170 Å². The van der Waals surface area contributed by atoms with Crippen LogP contribution in [0.4, 0.5) is 0 Å². The normalized spacial score (nSPS) is 46.3. The lowest BCUT2D eigenvalue weighted by Crippen LogP contribution is -2.63. The van der Waals surface area contributed by atoms with E-state index >= 15 is 0 Å². The largest absolute Gasteiger partial charge is 0.387 e. The molecule has 4 aliphatic carbocycles. The minimum atomic E-state index is -1.64. The molecule has 12 nitrogen and oxygen atoms in total. The molecule has 1 amide bonds. The van der Waals surface area contributed by atoms with E-state index in [4.69, 9.17) is 14.2 Å². The summed E-state index contributed by atoms with van der Waals surface area (Å²) in [4.78, 5) is 28.7. The second-order valence-electron chi connectivity index (χ2n) is 17.8. The first-order chi connectivity index (χ1) is 24.2. The molecule has 3 aliphatic heterocycles. The molecule has 7 aliphatic rings. The Labute approximate surface area is 303 Å². The van der Waals surface area contributed by atoms with E-state index in [1.54, 1.807) is 25.0 Å². The van der Waals surface area contributed by atoms with Crippen LogP contribution < -0.4 is 10.6 Å². The van der Waals surface area contributed by atoms with Gasteiger partial charge in [0, 0.05) is 44.7 Å². The number of carbonyl (C=O) groups is 2. The molecule has 3 saturated carbocycles. The van der Waals surface area contributed by atoms with Crippen molar-refractivity contribution in [1.82, 2.24) is 15.5 Å². The lowest BCUT2D eigenvalue weighted by Gasteiger charge is -2.60. The minimum absolute atomic E-state index is 0.0142. The minimum Gasteiger partial charge on any atom is -0.387 e. The lowest BCUT2D eigenvalue weighted by molar-refractivity contribution is -0.202. The molecule has 15 atom stereocenters. The van der Waals surface area contributed by atoms with Crippen molar-refractivity contribution in [1.29, 1.82) is 0 Å². The summed E-state index contributed by atoms with van der Waals surface area (Å²) < 4.78 is 17.8. The fourth-order valence-corrected chi connectivity index (χ4v) is 12.2. The zero-order valence-corrected chi connectivity index (χ0v) is 31.3. The number of nitrogens with zero attached hydrogens (tertiary/aromatic N) is 1.